The van der Waals surface area contributed by atoms with Crippen LogP contribution in [0.3, 0.4) is 0 Å². The van der Waals surface area contributed by atoms with Gasteiger partial charge in [0.25, 0.3) is 0 Å². The molecule has 1 nitrogen and oxygen atoms in total. The molecule has 0 amide bonds. The third-order valence-electron chi connectivity index (χ3n) is 4.31. The van der Waals surface area contributed by atoms with Gasteiger partial charge in [-0.15, -0.1) is 0 Å². The maximum absolute atomic E-state index is 2.52. The van der Waals surface area contributed by atoms with Crippen LogP contribution in [0.15, 0.2) is 0 Å². The predicted molar refractivity (Wildman–Crippen MR) is 68.1 cm³/mol. The predicted octanol–water partition coefficient (Wildman–Crippen LogP) is 3.79. The molecule has 1 heterocycles. The van der Waals surface area contributed by atoms with Crippen LogP contribution in [0, 0.1) is 17.3 Å². The highest BCUT2D eigenvalue weighted by Crippen LogP contribution is 2.49. The van der Waals surface area contributed by atoms with Crippen molar-refractivity contribution >= 4 is 0 Å². The standard InChI is InChI=1S/C12H23N.C2H6/c1-10(2)11-4-5-12(8-11)6-7-13(3)9-12;1-2/h10-11H,4-9H2,1-3H3;1-2H3. The van der Waals surface area contributed by atoms with Crippen molar-refractivity contribution in [3.8, 4) is 0 Å². The normalized spacial score (nSPS) is 36.0. The number of nitrogens with zero attached hydrogens (tertiary/aromatic N) is 1. The van der Waals surface area contributed by atoms with Crippen molar-refractivity contribution in [1.29, 1.82) is 0 Å². The van der Waals surface area contributed by atoms with E-state index in [0.29, 0.717) is 0 Å². The highest BCUT2D eigenvalue weighted by Gasteiger charge is 2.43. The first-order chi connectivity index (χ1) is 7.11. The van der Waals surface area contributed by atoms with Crippen molar-refractivity contribution in [2.24, 2.45) is 17.3 Å². The molecule has 1 aliphatic heterocycles. The van der Waals surface area contributed by atoms with Gasteiger partial charge in [0.05, 0.1) is 0 Å². The molecule has 2 fully saturated rings. The van der Waals surface area contributed by atoms with Gasteiger partial charge in [0.15, 0.2) is 0 Å². The topological polar surface area (TPSA) is 3.24 Å². The molecule has 0 radical (unpaired) electrons. The molecule has 0 aromatic rings. The van der Waals surface area contributed by atoms with Crippen LogP contribution in [0.4, 0.5) is 0 Å². The van der Waals surface area contributed by atoms with Gasteiger partial charge in [-0.05, 0) is 56.5 Å². The second kappa shape index (κ2) is 5.34. The summed E-state index contributed by atoms with van der Waals surface area (Å²) in [5.41, 5.74) is 0.740. The first-order valence-corrected chi connectivity index (χ1v) is 6.80. The quantitative estimate of drug-likeness (QED) is 0.638. The Morgan fingerprint density at radius 2 is 1.87 bits per heavy atom. The van der Waals surface area contributed by atoms with Crippen LogP contribution in [-0.2, 0) is 0 Å². The minimum absolute atomic E-state index is 0.740. The van der Waals surface area contributed by atoms with Crippen molar-refractivity contribution in [3.05, 3.63) is 0 Å². The van der Waals surface area contributed by atoms with Gasteiger partial charge in [0, 0.05) is 6.54 Å². The molecule has 0 aromatic heterocycles. The summed E-state index contributed by atoms with van der Waals surface area (Å²) in [5, 5.41) is 0. The van der Waals surface area contributed by atoms with Crippen molar-refractivity contribution in [1.82, 2.24) is 4.90 Å². The number of likely N-dealkylation sites (tertiary alicyclic amines) is 1. The zero-order chi connectivity index (χ0) is 11.5. The summed E-state index contributed by atoms with van der Waals surface area (Å²) < 4.78 is 0. The van der Waals surface area contributed by atoms with Crippen LogP contribution < -0.4 is 0 Å². The Kier molecular flexibility index (Phi) is 4.64. The Hall–Kier alpha value is -0.0400. The van der Waals surface area contributed by atoms with Crippen LogP contribution in [0.1, 0.15) is 53.4 Å². The van der Waals surface area contributed by atoms with E-state index in [1.54, 1.807) is 0 Å². The minimum atomic E-state index is 0.740. The number of rotatable bonds is 1. The van der Waals surface area contributed by atoms with Crippen LogP contribution >= 0.6 is 0 Å². The Bertz CT molecular complexity index is 188. The van der Waals surface area contributed by atoms with Crippen molar-refractivity contribution < 1.29 is 0 Å². The molecule has 1 aliphatic carbocycles. The van der Waals surface area contributed by atoms with Gasteiger partial charge in [-0.3, -0.25) is 0 Å². The molecule has 1 saturated heterocycles. The summed E-state index contributed by atoms with van der Waals surface area (Å²) in [6.45, 7) is 11.5. The van der Waals surface area contributed by atoms with Crippen LogP contribution in [-0.4, -0.2) is 25.0 Å². The lowest BCUT2D eigenvalue weighted by Gasteiger charge is -2.24. The minimum Gasteiger partial charge on any atom is -0.306 e. The molecule has 2 aliphatic rings. The Balaban J connectivity index is 0.000000531. The molecular formula is C14H29N. The zero-order valence-electron chi connectivity index (χ0n) is 11.3. The molecule has 1 heteroatoms. The van der Waals surface area contributed by atoms with E-state index in [1.807, 2.05) is 13.8 Å². The van der Waals surface area contributed by atoms with Crippen LogP contribution in [0.2, 0.25) is 0 Å². The summed E-state index contributed by atoms with van der Waals surface area (Å²) in [6, 6.07) is 0. The van der Waals surface area contributed by atoms with Gasteiger partial charge < -0.3 is 4.90 Å². The first-order valence-electron chi connectivity index (χ1n) is 6.80. The second-order valence-electron chi connectivity index (χ2n) is 5.73. The summed E-state index contributed by atoms with van der Waals surface area (Å²) in [5.74, 6) is 1.93. The molecule has 0 N–H and O–H groups in total. The summed E-state index contributed by atoms with van der Waals surface area (Å²) in [6.07, 6.45) is 5.97. The first kappa shape index (κ1) is 13.0. The third kappa shape index (κ3) is 2.96. The van der Waals surface area contributed by atoms with E-state index in [1.165, 1.54) is 38.8 Å². The van der Waals surface area contributed by atoms with Crippen molar-refractivity contribution in [2.75, 3.05) is 20.1 Å². The van der Waals surface area contributed by atoms with Gasteiger partial charge in [0.1, 0.15) is 0 Å². The van der Waals surface area contributed by atoms with E-state index < -0.39 is 0 Å². The van der Waals surface area contributed by atoms with Gasteiger partial charge in [-0.1, -0.05) is 27.7 Å². The maximum atomic E-state index is 2.52. The lowest BCUT2D eigenvalue weighted by Crippen LogP contribution is -2.22. The third-order valence-corrected chi connectivity index (χ3v) is 4.31. The van der Waals surface area contributed by atoms with E-state index in [2.05, 4.69) is 25.8 Å². The maximum Gasteiger partial charge on any atom is 0.00355 e. The molecule has 15 heavy (non-hydrogen) atoms. The Morgan fingerprint density at radius 1 is 1.20 bits per heavy atom. The lowest BCUT2D eigenvalue weighted by atomic mass is 9.83. The van der Waals surface area contributed by atoms with E-state index in [9.17, 15) is 0 Å². The molecule has 2 rings (SSSR count). The highest BCUT2D eigenvalue weighted by molar-refractivity contribution is 4.95. The van der Waals surface area contributed by atoms with Gasteiger partial charge in [-0.25, -0.2) is 0 Å². The largest absolute Gasteiger partial charge is 0.306 e. The van der Waals surface area contributed by atoms with E-state index in [-0.39, 0.29) is 0 Å². The lowest BCUT2D eigenvalue weighted by molar-refractivity contribution is 0.264. The molecule has 1 spiro atoms. The van der Waals surface area contributed by atoms with Crippen LogP contribution in [0.5, 0.6) is 0 Å². The van der Waals surface area contributed by atoms with Crippen molar-refractivity contribution in [2.45, 2.75) is 53.4 Å². The Labute approximate surface area is 96.2 Å². The zero-order valence-corrected chi connectivity index (χ0v) is 11.3. The smallest absolute Gasteiger partial charge is 0.00355 e. The van der Waals surface area contributed by atoms with Gasteiger partial charge >= 0.3 is 0 Å². The summed E-state index contributed by atoms with van der Waals surface area (Å²) in [7, 11) is 2.28. The Morgan fingerprint density at radius 3 is 2.27 bits per heavy atom. The van der Waals surface area contributed by atoms with E-state index >= 15 is 0 Å². The molecule has 0 bridgehead atoms. The fraction of sp³-hybridized carbons (Fsp3) is 1.00. The van der Waals surface area contributed by atoms with Crippen LogP contribution in [0.25, 0.3) is 0 Å². The second-order valence-corrected chi connectivity index (χ2v) is 5.73. The fourth-order valence-electron chi connectivity index (χ4n) is 3.35. The highest BCUT2D eigenvalue weighted by atomic mass is 15.1. The summed E-state index contributed by atoms with van der Waals surface area (Å²) in [4.78, 5) is 2.52. The number of hydrogen-bond donors (Lipinski definition) is 0. The summed E-state index contributed by atoms with van der Waals surface area (Å²) >= 11 is 0. The van der Waals surface area contributed by atoms with Crippen molar-refractivity contribution in [3.63, 3.8) is 0 Å². The molecule has 2 unspecified atom stereocenters. The molecule has 2 atom stereocenters. The number of hydrogen-bond acceptors (Lipinski definition) is 1. The monoisotopic (exact) mass is 211 g/mol. The van der Waals surface area contributed by atoms with E-state index in [0.717, 1.165) is 17.3 Å². The molecule has 1 saturated carbocycles. The molecular weight excluding hydrogens is 182 g/mol. The average molecular weight is 211 g/mol. The average Bonchev–Trinajstić information content (AvgIpc) is 2.78. The van der Waals surface area contributed by atoms with E-state index in [4.69, 9.17) is 0 Å². The molecule has 90 valence electrons. The molecule has 0 aromatic carbocycles. The SMILES string of the molecule is CC.CC(C)C1CCC2(CCN(C)C2)C1. The van der Waals surface area contributed by atoms with Gasteiger partial charge in [-0.2, -0.15) is 0 Å². The van der Waals surface area contributed by atoms with Gasteiger partial charge in [0.2, 0.25) is 0 Å². The fourth-order valence-corrected chi connectivity index (χ4v) is 3.35.